The first-order valence-corrected chi connectivity index (χ1v) is 8.90. The van der Waals surface area contributed by atoms with Crippen molar-refractivity contribution in [2.45, 2.75) is 25.3 Å². The Hall–Kier alpha value is -2.66. The SMILES string of the molecule is COC(=O)c1ccc(CNc2ccnc3ccc(Cl)cc23)nc1C1CC1. The van der Waals surface area contributed by atoms with Gasteiger partial charge in [0.05, 0.1) is 36.1 Å². The van der Waals surface area contributed by atoms with Crippen LogP contribution in [0.2, 0.25) is 5.02 Å². The van der Waals surface area contributed by atoms with Gasteiger partial charge in [0.2, 0.25) is 0 Å². The van der Waals surface area contributed by atoms with Crippen molar-refractivity contribution in [3.05, 3.63) is 64.6 Å². The average Bonchev–Trinajstić information content (AvgIpc) is 3.50. The number of rotatable bonds is 5. The fraction of sp³-hybridized carbons (Fsp3) is 0.250. The van der Waals surface area contributed by atoms with Crippen LogP contribution >= 0.6 is 11.6 Å². The van der Waals surface area contributed by atoms with Crippen LogP contribution in [0.25, 0.3) is 10.9 Å². The van der Waals surface area contributed by atoms with E-state index >= 15 is 0 Å². The molecule has 2 heterocycles. The Balaban J connectivity index is 1.60. The second-order valence-corrected chi connectivity index (χ2v) is 6.81. The molecule has 1 N–H and O–H groups in total. The number of esters is 1. The van der Waals surface area contributed by atoms with E-state index in [1.165, 1.54) is 7.11 Å². The molecule has 2 aromatic heterocycles. The minimum atomic E-state index is -0.325. The van der Waals surface area contributed by atoms with Gasteiger partial charge in [0.1, 0.15) is 0 Å². The number of methoxy groups -OCH3 is 1. The molecule has 0 aliphatic heterocycles. The minimum Gasteiger partial charge on any atom is -0.465 e. The number of benzene rings is 1. The summed E-state index contributed by atoms with van der Waals surface area (Å²) in [5.74, 6) is 0.0401. The molecule has 5 nitrogen and oxygen atoms in total. The van der Waals surface area contributed by atoms with Crippen molar-refractivity contribution < 1.29 is 9.53 Å². The molecule has 0 spiro atoms. The van der Waals surface area contributed by atoms with Crippen LogP contribution in [0.4, 0.5) is 5.69 Å². The molecule has 1 aliphatic rings. The fourth-order valence-corrected chi connectivity index (χ4v) is 3.20. The Bertz CT molecular complexity index is 986. The van der Waals surface area contributed by atoms with Gasteiger partial charge in [-0.05, 0) is 49.2 Å². The van der Waals surface area contributed by atoms with Gasteiger partial charge in [-0.15, -0.1) is 0 Å². The zero-order chi connectivity index (χ0) is 18.1. The third-order valence-corrected chi connectivity index (χ3v) is 4.75. The summed E-state index contributed by atoms with van der Waals surface area (Å²) in [6, 6.07) is 11.2. The number of nitrogens with one attached hydrogen (secondary N) is 1. The second-order valence-electron chi connectivity index (χ2n) is 6.37. The first kappa shape index (κ1) is 16.8. The number of pyridine rings is 2. The lowest BCUT2D eigenvalue weighted by Gasteiger charge is -2.12. The lowest BCUT2D eigenvalue weighted by atomic mass is 10.1. The molecule has 0 atom stereocenters. The molecule has 1 fully saturated rings. The van der Waals surface area contributed by atoms with Crippen LogP contribution in [0.5, 0.6) is 0 Å². The van der Waals surface area contributed by atoms with Crippen LogP contribution in [0.3, 0.4) is 0 Å². The van der Waals surface area contributed by atoms with Gasteiger partial charge in [0, 0.05) is 28.2 Å². The van der Waals surface area contributed by atoms with Crippen LogP contribution < -0.4 is 5.32 Å². The summed E-state index contributed by atoms with van der Waals surface area (Å²) in [6.07, 6.45) is 3.91. The maximum atomic E-state index is 11.9. The molecule has 3 aromatic rings. The third-order valence-electron chi connectivity index (χ3n) is 4.52. The van der Waals surface area contributed by atoms with Crippen molar-refractivity contribution in [2.75, 3.05) is 12.4 Å². The third kappa shape index (κ3) is 3.35. The van der Waals surface area contributed by atoms with Crippen LogP contribution in [0.1, 0.15) is 40.5 Å². The highest BCUT2D eigenvalue weighted by molar-refractivity contribution is 6.31. The number of hydrogen-bond donors (Lipinski definition) is 1. The average molecular weight is 368 g/mol. The number of anilines is 1. The monoisotopic (exact) mass is 367 g/mol. The molecule has 0 radical (unpaired) electrons. The molecule has 0 amide bonds. The van der Waals surface area contributed by atoms with Crippen LogP contribution in [-0.2, 0) is 11.3 Å². The van der Waals surface area contributed by atoms with Crippen molar-refractivity contribution in [1.82, 2.24) is 9.97 Å². The number of fused-ring (bicyclic) bond motifs is 1. The van der Waals surface area contributed by atoms with E-state index in [1.54, 1.807) is 6.20 Å². The second kappa shape index (κ2) is 6.92. The van der Waals surface area contributed by atoms with Crippen LogP contribution in [0.15, 0.2) is 42.6 Å². The van der Waals surface area contributed by atoms with Crippen LogP contribution in [0, 0.1) is 0 Å². The van der Waals surface area contributed by atoms with Crippen LogP contribution in [-0.4, -0.2) is 23.0 Å². The highest BCUT2D eigenvalue weighted by atomic mass is 35.5. The number of carbonyl (C=O) groups excluding carboxylic acids is 1. The number of nitrogens with zero attached hydrogens (tertiary/aromatic N) is 2. The summed E-state index contributed by atoms with van der Waals surface area (Å²) < 4.78 is 4.87. The molecule has 4 rings (SSSR count). The maximum Gasteiger partial charge on any atom is 0.339 e. The van der Waals surface area contributed by atoms with Gasteiger partial charge in [0.15, 0.2) is 0 Å². The molecule has 0 saturated heterocycles. The van der Waals surface area contributed by atoms with E-state index in [1.807, 2.05) is 36.4 Å². The molecule has 1 aromatic carbocycles. The number of aromatic nitrogens is 2. The summed E-state index contributed by atoms with van der Waals surface area (Å²) in [7, 11) is 1.40. The molecular weight excluding hydrogens is 350 g/mol. The zero-order valence-electron chi connectivity index (χ0n) is 14.3. The van der Waals surface area contributed by atoms with E-state index in [0.717, 1.165) is 40.8 Å². The first-order valence-electron chi connectivity index (χ1n) is 8.52. The van der Waals surface area contributed by atoms with E-state index < -0.39 is 0 Å². The predicted molar refractivity (Wildman–Crippen MR) is 102 cm³/mol. The maximum absolute atomic E-state index is 11.9. The summed E-state index contributed by atoms with van der Waals surface area (Å²) in [5.41, 5.74) is 4.13. The molecule has 26 heavy (non-hydrogen) atoms. The quantitative estimate of drug-likeness (QED) is 0.670. The molecule has 0 bridgehead atoms. The van der Waals surface area contributed by atoms with Gasteiger partial charge in [-0.2, -0.15) is 0 Å². The summed E-state index contributed by atoms with van der Waals surface area (Å²) >= 11 is 6.12. The van der Waals surface area contributed by atoms with Gasteiger partial charge in [-0.25, -0.2) is 4.79 Å². The lowest BCUT2D eigenvalue weighted by molar-refractivity contribution is 0.0598. The van der Waals surface area contributed by atoms with Gasteiger partial charge >= 0.3 is 5.97 Å². The Kier molecular flexibility index (Phi) is 4.47. The van der Waals surface area contributed by atoms with E-state index in [2.05, 4.69) is 10.3 Å². The predicted octanol–water partition coefficient (Wildman–Crippen LogP) is 4.56. The summed E-state index contributed by atoms with van der Waals surface area (Å²) in [4.78, 5) is 21.0. The normalized spacial score (nSPS) is 13.6. The van der Waals surface area contributed by atoms with Crippen molar-refractivity contribution in [3.63, 3.8) is 0 Å². The Morgan fingerprint density at radius 2 is 2.12 bits per heavy atom. The van der Waals surface area contributed by atoms with Crippen molar-refractivity contribution in [3.8, 4) is 0 Å². The van der Waals surface area contributed by atoms with Crippen molar-refractivity contribution >= 4 is 34.2 Å². The number of hydrogen-bond acceptors (Lipinski definition) is 5. The number of halogens is 1. The molecular formula is C20H18ClN3O2. The van der Waals surface area contributed by atoms with Crippen molar-refractivity contribution in [2.24, 2.45) is 0 Å². The number of ether oxygens (including phenoxy) is 1. The minimum absolute atomic E-state index is 0.325. The zero-order valence-corrected chi connectivity index (χ0v) is 15.1. The van der Waals surface area contributed by atoms with Gasteiger partial charge < -0.3 is 10.1 Å². The van der Waals surface area contributed by atoms with Crippen molar-refractivity contribution in [1.29, 1.82) is 0 Å². The molecule has 1 saturated carbocycles. The summed E-state index contributed by atoms with van der Waals surface area (Å²) in [6.45, 7) is 0.548. The van der Waals surface area contributed by atoms with Gasteiger partial charge in [0.25, 0.3) is 0 Å². The van der Waals surface area contributed by atoms with E-state index in [-0.39, 0.29) is 5.97 Å². The number of carbonyl (C=O) groups is 1. The van der Waals surface area contributed by atoms with E-state index in [0.29, 0.717) is 23.0 Å². The first-order chi connectivity index (χ1) is 12.7. The highest BCUT2D eigenvalue weighted by Crippen LogP contribution is 2.40. The Morgan fingerprint density at radius 1 is 1.27 bits per heavy atom. The standard InChI is InChI=1S/C20H18ClN3O2/c1-26-20(25)15-6-5-14(24-19(15)12-2-3-12)11-23-18-8-9-22-17-7-4-13(21)10-16(17)18/h4-10,12H,2-3,11H2,1H3,(H,22,23). The van der Waals surface area contributed by atoms with E-state index in [9.17, 15) is 4.79 Å². The molecule has 1 aliphatic carbocycles. The molecule has 0 unspecified atom stereocenters. The van der Waals surface area contributed by atoms with E-state index in [4.69, 9.17) is 21.3 Å². The summed E-state index contributed by atoms with van der Waals surface area (Å²) in [5, 5.41) is 5.04. The lowest BCUT2D eigenvalue weighted by Crippen LogP contribution is -2.10. The Morgan fingerprint density at radius 3 is 2.88 bits per heavy atom. The fourth-order valence-electron chi connectivity index (χ4n) is 3.02. The smallest absolute Gasteiger partial charge is 0.339 e. The molecule has 6 heteroatoms. The van der Waals surface area contributed by atoms with Gasteiger partial charge in [-0.3, -0.25) is 9.97 Å². The topological polar surface area (TPSA) is 64.1 Å². The highest BCUT2D eigenvalue weighted by Gasteiger charge is 2.30. The Labute approximate surface area is 156 Å². The largest absolute Gasteiger partial charge is 0.465 e. The van der Waals surface area contributed by atoms with Gasteiger partial charge in [-0.1, -0.05) is 11.6 Å². The molecule has 132 valence electrons.